The first-order chi connectivity index (χ1) is 16.8. The summed E-state index contributed by atoms with van der Waals surface area (Å²) in [4.78, 5) is 8.57. The Balaban J connectivity index is 1.62. The Morgan fingerprint density at radius 2 is 1.43 bits per heavy atom. The van der Waals surface area contributed by atoms with Gasteiger partial charge in [0.15, 0.2) is 11.6 Å². The van der Waals surface area contributed by atoms with Crippen LogP contribution in [0.1, 0.15) is 28.2 Å². The van der Waals surface area contributed by atoms with Crippen molar-refractivity contribution in [3.05, 3.63) is 98.2 Å². The van der Waals surface area contributed by atoms with Gasteiger partial charge in [-0.2, -0.15) is 5.26 Å². The van der Waals surface area contributed by atoms with E-state index >= 15 is 0 Å². The molecule has 0 spiro atoms. The normalized spacial score (nSPS) is 11.5. The molecule has 0 amide bonds. The molecule has 6 nitrogen and oxygen atoms in total. The summed E-state index contributed by atoms with van der Waals surface area (Å²) in [6, 6.07) is 18.7. The second-order valence-corrected chi connectivity index (χ2v) is 9.28. The minimum atomic E-state index is -0.532. The van der Waals surface area contributed by atoms with Crippen molar-refractivity contribution in [1.82, 2.24) is 9.97 Å². The van der Waals surface area contributed by atoms with Crippen LogP contribution in [0.3, 0.4) is 0 Å². The predicted octanol–water partition coefficient (Wildman–Crippen LogP) is 7.78. The van der Waals surface area contributed by atoms with Gasteiger partial charge in [-0.1, -0.05) is 53.0 Å². The van der Waals surface area contributed by atoms with Gasteiger partial charge in [-0.3, -0.25) is 0 Å². The number of benzene rings is 3. The van der Waals surface area contributed by atoms with Crippen LogP contribution in [0.4, 0.5) is 28.7 Å². The zero-order valence-corrected chi connectivity index (χ0v) is 21.2. The minimum Gasteiger partial charge on any atom is -0.393 e. The van der Waals surface area contributed by atoms with Gasteiger partial charge in [0, 0.05) is 26.4 Å². The van der Waals surface area contributed by atoms with E-state index in [9.17, 15) is 5.26 Å². The summed E-state index contributed by atoms with van der Waals surface area (Å²) in [5.74, 6) is 0.353. The summed E-state index contributed by atoms with van der Waals surface area (Å²) in [5, 5.41) is 18.0. The average Bonchev–Trinajstić information content (AvgIpc) is 2.82. The highest BCUT2D eigenvalue weighted by molar-refractivity contribution is 6.32. The largest absolute Gasteiger partial charge is 0.393 e. The molecule has 4 rings (SSSR count). The Morgan fingerprint density at radius 1 is 0.829 bits per heavy atom. The first-order valence-corrected chi connectivity index (χ1v) is 11.8. The number of nitriles is 1. The molecule has 0 bridgehead atoms. The Morgan fingerprint density at radius 3 is 2.06 bits per heavy atom. The van der Waals surface area contributed by atoms with E-state index in [-0.39, 0.29) is 0 Å². The van der Waals surface area contributed by atoms with Crippen LogP contribution in [0.15, 0.2) is 60.9 Å². The Kier molecular flexibility index (Phi) is 7.32. The average molecular weight is 524 g/mol. The monoisotopic (exact) mass is 522 g/mol. The molecule has 0 aliphatic carbocycles. The number of rotatable bonds is 6. The van der Waals surface area contributed by atoms with Crippen LogP contribution in [0.5, 0.6) is 0 Å². The van der Waals surface area contributed by atoms with Crippen molar-refractivity contribution >= 4 is 63.5 Å². The molecular formula is C26H21Cl3N6. The Hall–Kier alpha value is -3.50. The van der Waals surface area contributed by atoms with Crippen LogP contribution in [0, 0.1) is 25.2 Å². The first kappa shape index (κ1) is 24.6. The lowest BCUT2D eigenvalue weighted by Gasteiger charge is -2.18. The first-order valence-electron chi connectivity index (χ1n) is 10.6. The van der Waals surface area contributed by atoms with E-state index in [1.54, 1.807) is 24.3 Å². The summed E-state index contributed by atoms with van der Waals surface area (Å²) >= 11 is 18.7. The maximum Gasteiger partial charge on any atom is 0.159 e. The van der Waals surface area contributed by atoms with Crippen molar-refractivity contribution in [3.63, 3.8) is 0 Å². The fraction of sp³-hybridized carbons (Fsp3) is 0.115. The fourth-order valence-corrected chi connectivity index (χ4v) is 4.28. The quantitative estimate of drug-likeness (QED) is 0.239. The summed E-state index contributed by atoms with van der Waals surface area (Å²) in [6.45, 7) is 3.86. The summed E-state index contributed by atoms with van der Waals surface area (Å²) in [6.07, 6.45) is 1.42. The Labute approximate surface area is 218 Å². The minimum absolute atomic E-state index is 0.345. The highest BCUT2D eigenvalue weighted by atomic mass is 35.5. The molecule has 3 aromatic carbocycles. The van der Waals surface area contributed by atoms with Gasteiger partial charge in [-0.25, -0.2) is 9.97 Å². The number of aryl methyl sites for hydroxylation is 2. The van der Waals surface area contributed by atoms with Crippen molar-refractivity contribution in [2.24, 2.45) is 0 Å². The van der Waals surface area contributed by atoms with Gasteiger partial charge in [-0.05, 0) is 72.5 Å². The molecular weight excluding hydrogens is 503 g/mol. The van der Waals surface area contributed by atoms with Gasteiger partial charge in [0.05, 0.1) is 12.0 Å². The van der Waals surface area contributed by atoms with Crippen LogP contribution in [0.25, 0.3) is 0 Å². The van der Waals surface area contributed by atoms with Crippen molar-refractivity contribution in [2.45, 2.75) is 19.8 Å². The van der Waals surface area contributed by atoms with Gasteiger partial charge in [-0.15, -0.1) is 0 Å². The SMILES string of the molecule is Cc1cc(Cl)ccc1Nc1ncnc(Nc2cc(Cl)c(C(C#N)c3ccc(Cl)cc3)cc2C)c1N. The van der Waals surface area contributed by atoms with Gasteiger partial charge in [0.25, 0.3) is 0 Å². The number of hydrogen-bond acceptors (Lipinski definition) is 6. The van der Waals surface area contributed by atoms with Crippen LogP contribution in [-0.4, -0.2) is 9.97 Å². The predicted molar refractivity (Wildman–Crippen MR) is 144 cm³/mol. The molecule has 0 saturated heterocycles. The number of hydrogen-bond donors (Lipinski definition) is 3. The topological polar surface area (TPSA) is 99.6 Å². The molecule has 1 heterocycles. The lowest BCUT2D eigenvalue weighted by atomic mass is 9.91. The number of nitrogens with one attached hydrogen (secondary N) is 2. The van der Waals surface area contributed by atoms with E-state index < -0.39 is 5.92 Å². The maximum atomic E-state index is 9.84. The van der Waals surface area contributed by atoms with E-state index in [0.29, 0.717) is 43.6 Å². The smallest absolute Gasteiger partial charge is 0.159 e. The molecule has 0 radical (unpaired) electrons. The number of aromatic nitrogens is 2. The van der Waals surface area contributed by atoms with Gasteiger partial charge in [0.1, 0.15) is 12.0 Å². The molecule has 1 aromatic heterocycles. The molecule has 1 atom stereocenters. The van der Waals surface area contributed by atoms with Gasteiger partial charge < -0.3 is 16.4 Å². The van der Waals surface area contributed by atoms with Crippen molar-refractivity contribution < 1.29 is 0 Å². The third-order valence-electron chi connectivity index (χ3n) is 5.57. The fourth-order valence-electron chi connectivity index (χ4n) is 3.66. The van der Waals surface area contributed by atoms with Gasteiger partial charge in [0.2, 0.25) is 0 Å². The van der Waals surface area contributed by atoms with Gasteiger partial charge >= 0.3 is 0 Å². The third-order valence-corrected chi connectivity index (χ3v) is 6.38. The third kappa shape index (κ3) is 5.44. The van der Waals surface area contributed by atoms with Crippen molar-refractivity contribution in [1.29, 1.82) is 5.26 Å². The number of nitrogens with zero attached hydrogens (tertiary/aromatic N) is 3. The molecule has 35 heavy (non-hydrogen) atoms. The van der Waals surface area contributed by atoms with E-state index in [0.717, 1.165) is 22.4 Å². The molecule has 4 aromatic rings. The lowest BCUT2D eigenvalue weighted by molar-refractivity contribution is 1.03. The van der Waals surface area contributed by atoms with Crippen LogP contribution in [0.2, 0.25) is 15.1 Å². The number of halogens is 3. The number of nitrogens with two attached hydrogens (primary N) is 1. The highest BCUT2D eigenvalue weighted by Gasteiger charge is 2.19. The zero-order chi connectivity index (χ0) is 25.1. The number of nitrogen functional groups attached to an aromatic ring is 1. The summed E-state index contributed by atoms with van der Waals surface area (Å²) in [5.41, 5.74) is 11.6. The molecule has 4 N–H and O–H groups in total. The maximum absolute atomic E-state index is 9.84. The molecule has 0 saturated carbocycles. The second kappa shape index (κ2) is 10.4. The molecule has 1 unspecified atom stereocenters. The van der Waals surface area contributed by atoms with Crippen molar-refractivity contribution in [2.75, 3.05) is 16.4 Å². The molecule has 0 aliphatic heterocycles. The molecule has 176 valence electrons. The zero-order valence-electron chi connectivity index (χ0n) is 18.9. The van der Waals surface area contributed by atoms with E-state index in [2.05, 4.69) is 26.7 Å². The van der Waals surface area contributed by atoms with Crippen LogP contribution >= 0.6 is 34.8 Å². The van der Waals surface area contributed by atoms with Crippen LogP contribution < -0.4 is 16.4 Å². The summed E-state index contributed by atoms with van der Waals surface area (Å²) in [7, 11) is 0. The number of anilines is 5. The summed E-state index contributed by atoms with van der Waals surface area (Å²) < 4.78 is 0. The van der Waals surface area contributed by atoms with Crippen molar-refractivity contribution in [3.8, 4) is 6.07 Å². The van der Waals surface area contributed by atoms with E-state index in [4.69, 9.17) is 40.5 Å². The lowest BCUT2D eigenvalue weighted by Crippen LogP contribution is -2.07. The molecule has 9 heteroatoms. The molecule has 0 fully saturated rings. The van der Waals surface area contributed by atoms with E-state index in [1.807, 2.05) is 44.2 Å². The second-order valence-electron chi connectivity index (χ2n) is 8.00. The standard InChI is InChI=1S/C26H21Cl3N6/c1-14-9-18(28)7-8-22(14)34-25-24(31)26(33-13-32-25)35-23-11-21(29)19(10-15(23)2)20(12-30)16-3-5-17(27)6-4-16/h3-11,13,20H,31H2,1-2H3,(H2,32,33,34,35). The Bertz CT molecular complexity index is 1430. The molecule has 0 aliphatic rings. The van der Waals surface area contributed by atoms with E-state index in [1.165, 1.54) is 6.33 Å². The highest BCUT2D eigenvalue weighted by Crippen LogP contribution is 2.36. The van der Waals surface area contributed by atoms with Crippen LogP contribution in [-0.2, 0) is 0 Å².